The number of hydrogen-bond donors (Lipinski definition) is 0. The zero-order chi connectivity index (χ0) is 13.2. The Bertz CT molecular complexity index is 479. The molecule has 1 aromatic rings. The van der Waals surface area contributed by atoms with Gasteiger partial charge in [-0.1, -0.05) is 26.5 Å². The number of hydrogen-bond acceptors (Lipinski definition) is 0. The molecule has 0 heterocycles. The molecule has 0 fully saturated rings. The van der Waals surface area contributed by atoms with E-state index >= 15 is 0 Å². The Morgan fingerprint density at radius 2 is 1.71 bits per heavy atom. The predicted octanol–water partition coefficient (Wildman–Crippen LogP) is 4.98. The Morgan fingerprint density at radius 1 is 1.12 bits per heavy atom. The van der Waals surface area contributed by atoms with Crippen LogP contribution in [-0.2, 0) is 6.42 Å². The van der Waals surface area contributed by atoms with Gasteiger partial charge in [0.2, 0.25) is 0 Å². The van der Waals surface area contributed by atoms with E-state index in [1.807, 2.05) is 40.7 Å². The molecule has 0 bridgehead atoms. The fraction of sp³-hybridized carbons (Fsp3) is 0.375. The van der Waals surface area contributed by atoms with Gasteiger partial charge in [0.25, 0.3) is 0 Å². The standard InChI is InChI=1S/C14H15F.C2H6/c1-8-5-12-7-14(15)11(4)10(3)13(12)6-9(8)2;1-2/h5,7H,2,6H2,1,3-4H3;1-2H3. The van der Waals surface area contributed by atoms with Gasteiger partial charge in [0, 0.05) is 0 Å². The van der Waals surface area contributed by atoms with Crippen molar-refractivity contribution in [3.8, 4) is 0 Å². The first kappa shape index (κ1) is 13.7. The Balaban J connectivity index is 0.000000686. The summed E-state index contributed by atoms with van der Waals surface area (Å²) in [5.74, 6) is -0.109. The summed E-state index contributed by atoms with van der Waals surface area (Å²) in [6, 6.07) is 1.63. The van der Waals surface area contributed by atoms with Crippen molar-refractivity contribution >= 4 is 6.08 Å². The first-order valence-corrected chi connectivity index (χ1v) is 6.15. The maximum Gasteiger partial charge on any atom is 0.126 e. The second-order valence-corrected chi connectivity index (χ2v) is 4.28. The molecule has 0 saturated carbocycles. The minimum atomic E-state index is -0.109. The van der Waals surface area contributed by atoms with Crippen molar-refractivity contribution < 1.29 is 4.39 Å². The van der Waals surface area contributed by atoms with E-state index in [4.69, 9.17) is 0 Å². The van der Waals surface area contributed by atoms with Crippen molar-refractivity contribution in [1.82, 2.24) is 0 Å². The Hall–Kier alpha value is -1.37. The zero-order valence-corrected chi connectivity index (χ0v) is 11.4. The SMILES string of the molecule is C=C1Cc2c(cc(F)c(C)c2C)C=C1C.CC. The smallest absolute Gasteiger partial charge is 0.126 e. The van der Waals surface area contributed by atoms with E-state index in [1.165, 1.54) is 5.56 Å². The highest BCUT2D eigenvalue weighted by atomic mass is 19.1. The maximum atomic E-state index is 13.5. The third-order valence-corrected chi connectivity index (χ3v) is 3.32. The van der Waals surface area contributed by atoms with Crippen molar-refractivity contribution in [2.75, 3.05) is 0 Å². The first-order chi connectivity index (χ1) is 8.00. The lowest BCUT2D eigenvalue weighted by Crippen LogP contribution is -2.05. The van der Waals surface area contributed by atoms with Gasteiger partial charge in [0.05, 0.1) is 0 Å². The van der Waals surface area contributed by atoms with E-state index in [2.05, 4.69) is 6.58 Å². The first-order valence-electron chi connectivity index (χ1n) is 6.15. The van der Waals surface area contributed by atoms with Gasteiger partial charge in [-0.15, -0.1) is 0 Å². The molecule has 2 rings (SSSR count). The lowest BCUT2D eigenvalue weighted by atomic mass is 9.85. The van der Waals surface area contributed by atoms with Gasteiger partial charge in [-0.25, -0.2) is 4.39 Å². The molecule has 1 aliphatic rings. The quantitative estimate of drug-likeness (QED) is 0.591. The maximum absolute atomic E-state index is 13.5. The molecule has 0 aromatic heterocycles. The number of fused-ring (bicyclic) bond motifs is 1. The van der Waals surface area contributed by atoms with Gasteiger partial charge in [-0.05, 0) is 66.7 Å². The summed E-state index contributed by atoms with van der Waals surface area (Å²) in [5, 5.41) is 0. The summed E-state index contributed by atoms with van der Waals surface area (Å²) in [7, 11) is 0. The summed E-state index contributed by atoms with van der Waals surface area (Å²) in [5.41, 5.74) is 6.36. The van der Waals surface area contributed by atoms with Crippen LogP contribution in [0.15, 0.2) is 23.8 Å². The lowest BCUT2D eigenvalue weighted by Gasteiger charge is -2.20. The second-order valence-electron chi connectivity index (χ2n) is 4.28. The summed E-state index contributed by atoms with van der Waals surface area (Å²) in [4.78, 5) is 0. The van der Waals surface area contributed by atoms with Gasteiger partial charge in [0.15, 0.2) is 0 Å². The van der Waals surface area contributed by atoms with Gasteiger partial charge >= 0.3 is 0 Å². The minimum absolute atomic E-state index is 0.109. The number of halogens is 1. The van der Waals surface area contributed by atoms with Crippen LogP contribution in [0.5, 0.6) is 0 Å². The Labute approximate surface area is 104 Å². The lowest BCUT2D eigenvalue weighted by molar-refractivity contribution is 0.615. The van der Waals surface area contributed by atoms with Gasteiger partial charge in [0.1, 0.15) is 5.82 Å². The average molecular weight is 232 g/mol. The highest BCUT2D eigenvalue weighted by Crippen LogP contribution is 2.31. The third kappa shape index (κ3) is 2.49. The molecule has 1 aliphatic carbocycles. The summed E-state index contributed by atoms with van der Waals surface area (Å²) >= 11 is 0. The van der Waals surface area contributed by atoms with E-state index in [-0.39, 0.29) is 5.82 Å². The fourth-order valence-electron chi connectivity index (χ4n) is 2.01. The van der Waals surface area contributed by atoms with Crippen LogP contribution in [0, 0.1) is 19.7 Å². The molecular formula is C16H21F. The van der Waals surface area contributed by atoms with Crippen molar-refractivity contribution in [2.24, 2.45) is 0 Å². The largest absolute Gasteiger partial charge is 0.207 e. The normalized spacial score (nSPS) is 13.5. The van der Waals surface area contributed by atoms with Gasteiger partial charge in [-0.3, -0.25) is 0 Å². The predicted molar refractivity (Wildman–Crippen MR) is 73.7 cm³/mol. The summed E-state index contributed by atoms with van der Waals surface area (Å²) < 4.78 is 13.5. The van der Waals surface area contributed by atoms with Crippen LogP contribution < -0.4 is 0 Å². The van der Waals surface area contributed by atoms with Crippen LogP contribution in [0.4, 0.5) is 4.39 Å². The zero-order valence-electron chi connectivity index (χ0n) is 11.4. The number of allylic oxidation sites excluding steroid dienone is 2. The molecule has 1 aromatic carbocycles. The Kier molecular flexibility index (Phi) is 4.28. The van der Waals surface area contributed by atoms with Crippen molar-refractivity contribution in [3.63, 3.8) is 0 Å². The highest BCUT2D eigenvalue weighted by Gasteiger charge is 2.16. The van der Waals surface area contributed by atoms with E-state index in [9.17, 15) is 4.39 Å². The molecule has 0 N–H and O–H groups in total. The molecule has 0 spiro atoms. The van der Waals surface area contributed by atoms with Crippen LogP contribution in [0.1, 0.15) is 43.0 Å². The van der Waals surface area contributed by atoms with Crippen LogP contribution in [0.25, 0.3) is 6.08 Å². The fourth-order valence-corrected chi connectivity index (χ4v) is 2.01. The molecule has 0 amide bonds. The monoisotopic (exact) mass is 232 g/mol. The molecule has 0 aliphatic heterocycles. The van der Waals surface area contributed by atoms with Crippen molar-refractivity contribution in [2.45, 2.75) is 41.0 Å². The molecule has 1 heteroatoms. The molecule has 0 radical (unpaired) electrons. The van der Waals surface area contributed by atoms with Crippen molar-refractivity contribution in [3.05, 3.63) is 51.9 Å². The van der Waals surface area contributed by atoms with E-state index in [0.29, 0.717) is 0 Å². The second kappa shape index (κ2) is 5.31. The molecule has 17 heavy (non-hydrogen) atoms. The molecule has 0 atom stereocenters. The highest BCUT2D eigenvalue weighted by molar-refractivity contribution is 5.67. The van der Waals surface area contributed by atoms with Gasteiger partial charge < -0.3 is 0 Å². The molecule has 0 saturated heterocycles. The van der Waals surface area contributed by atoms with E-state index in [1.54, 1.807) is 6.07 Å². The molecular weight excluding hydrogens is 211 g/mol. The molecule has 0 unspecified atom stereocenters. The average Bonchev–Trinajstić information content (AvgIpc) is 2.32. The van der Waals surface area contributed by atoms with Crippen LogP contribution >= 0.6 is 0 Å². The minimum Gasteiger partial charge on any atom is -0.207 e. The number of rotatable bonds is 0. The van der Waals surface area contributed by atoms with Crippen LogP contribution in [0.3, 0.4) is 0 Å². The summed E-state index contributed by atoms with van der Waals surface area (Å²) in [6.45, 7) is 13.9. The van der Waals surface area contributed by atoms with E-state index in [0.717, 1.165) is 34.3 Å². The molecule has 0 nitrogen and oxygen atoms in total. The number of benzene rings is 1. The van der Waals surface area contributed by atoms with Crippen LogP contribution in [-0.4, -0.2) is 0 Å². The summed E-state index contributed by atoms with van der Waals surface area (Å²) in [6.07, 6.45) is 2.88. The van der Waals surface area contributed by atoms with Crippen LogP contribution in [0.2, 0.25) is 0 Å². The van der Waals surface area contributed by atoms with Crippen molar-refractivity contribution in [1.29, 1.82) is 0 Å². The Morgan fingerprint density at radius 3 is 2.29 bits per heavy atom. The molecule has 92 valence electrons. The van der Waals surface area contributed by atoms with E-state index < -0.39 is 0 Å². The van der Waals surface area contributed by atoms with Gasteiger partial charge in [-0.2, -0.15) is 0 Å². The topological polar surface area (TPSA) is 0 Å². The third-order valence-electron chi connectivity index (χ3n) is 3.32.